The third kappa shape index (κ3) is 3.49. The zero-order chi connectivity index (χ0) is 18.2. The van der Waals surface area contributed by atoms with Crippen LogP contribution in [0.25, 0.3) is 0 Å². The van der Waals surface area contributed by atoms with E-state index in [0.29, 0.717) is 0 Å². The topological polar surface area (TPSA) is 45.9 Å². The van der Waals surface area contributed by atoms with Crippen LogP contribution in [0.15, 0.2) is 10.5 Å². The van der Waals surface area contributed by atoms with Gasteiger partial charge in [0.25, 0.3) is 5.91 Å². The standard InChI is InChI=1S/C20H32N2O3/c1-15-16(13-17(25-15)19(2,3)4)18(23)21-9-6-7-20(14-21)8-10-22(20)11-12-24-5/h13H,6-12,14H2,1-5H3/t20-/m0/s1. The fourth-order valence-electron chi connectivity index (χ4n) is 4.12. The van der Waals surface area contributed by atoms with Crippen LogP contribution in [0.1, 0.15) is 61.9 Å². The SMILES string of the molecule is COCCN1CC[C@]12CCCN(C(=O)c1cc(C(C)(C)C)oc1C)C2. The molecule has 1 aromatic heterocycles. The zero-order valence-electron chi connectivity index (χ0n) is 16.4. The van der Waals surface area contributed by atoms with Gasteiger partial charge in [-0.05, 0) is 32.3 Å². The molecule has 5 heteroatoms. The predicted octanol–water partition coefficient (Wildman–Crippen LogP) is 3.21. The van der Waals surface area contributed by atoms with Crippen molar-refractivity contribution in [1.82, 2.24) is 9.80 Å². The van der Waals surface area contributed by atoms with Crippen molar-refractivity contribution in [1.29, 1.82) is 0 Å². The highest BCUT2D eigenvalue weighted by Gasteiger charge is 2.47. The minimum Gasteiger partial charge on any atom is -0.465 e. The maximum atomic E-state index is 13.1. The molecular formula is C20H32N2O3. The lowest BCUT2D eigenvalue weighted by Crippen LogP contribution is -2.67. The monoisotopic (exact) mass is 348 g/mol. The lowest BCUT2D eigenvalue weighted by molar-refractivity contribution is -0.0679. The van der Waals surface area contributed by atoms with E-state index in [1.54, 1.807) is 7.11 Å². The number of nitrogens with zero attached hydrogens (tertiary/aromatic N) is 2. The van der Waals surface area contributed by atoms with E-state index in [0.717, 1.165) is 56.3 Å². The molecule has 140 valence electrons. The number of furan rings is 1. The number of hydrogen-bond acceptors (Lipinski definition) is 4. The number of carbonyl (C=O) groups is 1. The van der Waals surface area contributed by atoms with Crippen molar-refractivity contribution in [3.8, 4) is 0 Å². The van der Waals surface area contributed by atoms with Crippen LogP contribution in [0.4, 0.5) is 0 Å². The maximum Gasteiger partial charge on any atom is 0.257 e. The van der Waals surface area contributed by atoms with Gasteiger partial charge in [-0.2, -0.15) is 0 Å². The number of aryl methyl sites for hydroxylation is 1. The number of rotatable bonds is 4. The highest BCUT2D eigenvalue weighted by molar-refractivity contribution is 5.95. The van der Waals surface area contributed by atoms with Crippen LogP contribution in [0.3, 0.4) is 0 Å². The first-order valence-corrected chi connectivity index (χ1v) is 9.41. The minimum absolute atomic E-state index is 0.0860. The van der Waals surface area contributed by atoms with Crippen LogP contribution < -0.4 is 0 Å². The average Bonchev–Trinajstić information content (AvgIpc) is 2.96. The lowest BCUT2D eigenvalue weighted by atomic mass is 9.77. The van der Waals surface area contributed by atoms with Gasteiger partial charge < -0.3 is 14.1 Å². The second-order valence-electron chi connectivity index (χ2n) is 8.61. The van der Waals surface area contributed by atoms with Crippen LogP contribution in [0, 0.1) is 6.92 Å². The summed E-state index contributed by atoms with van der Waals surface area (Å²) < 4.78 is 11.1. The van der Waals surface area contributed by atoms with Crippen molar-refractivity contribution in [2.24, 2.45) is 0 Å². The molecule has 0 unspecified atom stereocenters. The smallest absolute Gasteiger partial charge is 0.257 e. The molecular weight excluding hydrogens is 316 g/mol. The second-order valence-corrected chi connectivity index (χ2v) is 8.61. The molecule has 0 saturated carbocycles. The fourth-order valence-corrected chi connectivity index (χ4v) is 4.12. The minimum atomic E-state index is -0.0860. The number of ether oxygens (including phenoxy) is 1. The zero-order valence-corrected chi connectivity index (χ0v) is 16.4. The van der Waals surface area contributed by atoms with Crippen LogP contribution in [0.5, 0.6) is 0 Å². The Hall–Kier alpha value is -1.33. The molecule has 1 amide bonds. The third-order valence-electron chi connectivity index (χ3n) is 5.81. The normalized spacial score (nSPS) is 24.6. The van der Waals surface area contributed by atoms with Crippen molar-refractivity contribution in [3.63, 3.8) is 0 Å². The molecule has 2 fully saturated rings. The van der Waals surface area contributed by atoms with E-state index >= 15 is 0 Å². The fraction of sp³-hybridized carbons (Fsp3) is 0.750. The molecule has 0 radical (unpaired) electrons. The Kier molecular flexibility index (Phi) is 5.00. The molecule has 3 heterocycles. The number of hydrogen-bond donors (Lipinski definition) is 0. The summed E-state index contributed by atoms with van der Waals surface area (Å²) in [5.74, 6) is 1.74. The Morgan fingerprint density at radius 3 is 2.64 bits per heavy atom. The molecule has 1 aromatic rings. The van der Waals surface area contributed by atoms with Gasteiger partial charge >= 0.3 is 0 Å². The van der Waals surface area contributed by atoms with Gasteiger partial charge in [0, 0.05) is 44.2 Å². The Morgan fingerprint density at radius 1 is 1.32 bits per heavy atom. The van der Waals surface area contributed by atoms with Crippen LogP contribution in [0.2, 0.25) is 0 Å². The number of likely N-dealkylation sites (tertiary alicyclic amines) is 2. The van der Waals surface area contributed by atoms with Gasteiger partial charge in [-0.3, -0.25) is 9.69 Å². The summed E-state index contributed by atoms with van der Waals surface area (Å²) in [6.07, 6.45) is 3.43. The van der Waals surface area contributed by atoms with Crippen LogP contribution in [-0.2, 0) is 10.2 Å². The number of carbonyl (C=O) groups excluding carboxylic acids is 1. The third-order valence-corrected chi connectivity index (χ3v) is 5.81. The van der Waals surface area contributed by atoms with E-state index in [1.807, 2.05) is 17.9 Å². The molecule has 2 saturated heterocycles. The first kappa shape index (κ1) is 18.5. The van der Waals surface area contributed by atoms with E-state index in [2.05, 4.69) is 25.7 Å². The highest BCUT2D eigenvalue weighted by Crippen LogP contribution is 2.39. The summed E-state index contributed by atoms with van der Waals surface area (Å²) >= 11 is 0. The lowest BCUT2D eigenvalue weighted by Gasteiger charge is -2.57. The molecule has 0 N–H and O–H groups in total. The molecule has 0 aromatic carbocycles. The Balaban J connectivity index is 1.74. The maximum absolute atomic E-state index is 13.1. The summed E-state index contributed by atoms with van der Waals surface area (Å²) in [5, 5.41) is 0. The number of methoxy groups -OCH3 is 1. The van der Waals surface area contributed by atoms with Gasteiger partial charge in [0.05, 0.1) is 12.2 Å². The first-order valence-electron chi connectivity index (χ1n) is 9.41. The molecule has 3 rings (SSSR count). The van der Waals surface area contributed by atoms with Crippen LogP contribution >= 0.6 is 0 Å². The molecule has 1 atom stereocenters. The molecule has 0 aliphatic carbocycles. The summed E-state index contributed by atoms with van der Waals surface area (Å²) in [6, 6.07) is 1.95. The molecule has 1 spiro atoms. The summed E-state index contributed by atoms with van der Waals surface area (Å²) in [4.78, 5) is 17.7. The van der Waals surface area contributed by atoms with E-state index < -0.39 is 0 Å². The van der Waals surface area contributed by atoms with E-state index in [4.69, 9.17) is 9.15 Å². The van der Waals surface area contributed by atoms with Gasteiger partial charge in [0.2, 0.25) is 0 Å². The van der Waals surface area contributed by atoms with Crippen molar-refractivity contribution >= 4 is 5.91 Å². The van der Waals surface area contributed by atoms with Crippen molar-refractivity contribution in [3.05, 3.63) is 23.2 Å². The van der Waals surface area contributed by atoms with Gasteiger partial charge in [0.1, 0.15) is 11.5 Å². The van der Waals surface area contributed by atoms with Crippen molar-refractivity contribution in [2.75, 3.05) is 39.9 Å². The van der Waals surface area contributed by atoms with Gasteiger partial charge in [-0.25, -0.2) is 0 Å². The second kappa shape index (κ2) is 6.76. The predicted molar refractivity (Wildman–Crippen MR) is 98.1 cm³/mol. The quantitative estimate of drug-likeness (QED) is 0.838. The van der Waals surface area contributed by atoms with E-state index in [-0.39, 0.29) is 16.9 Å². The van der Waals surface area contributed by atoms with Gasteiger partial charge in [-0.1, -0.05) is 20.8 Å². The molecule has 2 aliphatic heterocycles. The summed E-state index contributed by atoms with van der Waals surface area (Å²) in [7, 11) is 1.75. The summed E-state index contributed by atoms with van der Waals surface area (Å²) in [5.41, 5.74) is 0.804. The molecule has 5 nitrogen and oxygen atoms in total. The Bertz CT molecular complexity index is 631. The van der Waals surface area contributed by atoms with E-state index in [9.17, 15) is 4.79 Å². The number of piperidine rings is 1. The summed E-state index contributed by atoms with van der Waals surface area (Å²) in [6.45, 7) is 12.7. The molecule has 0 bridgehead atoms. The Morgan fingerprint density at radius 2 is 2.08 bits per heavy atom. The molecule has 2 aliphatic rings. The number of amides is 1. The van der Waals surface area contributed by atoms with Crippen molar-refractivity contribution < 1.29 is 13.9 Å². The van der Waals surface area contributed by atoms with Gasteiger partial charge in [0.15, 0.2) is 0 Å². The first-order chi connectivity index (χ1) is 11.8. The van der Waals surface area contributed by atoms with Crippen LogP contribution in [-0.4, -0.2) is 61.1 Å². The highest BCUT2D eigenvalue weighted by atomic mass is 16.5. The molecule has 25 heavy (non-hydrogen) atoms. The van der Waals surface area contributed by atoms with Crippen molar-refractivity contribution in [2.45, 2.75) is 57.9 Å². The van der Waals surface area contributed by atoms with E-state index in [1.165, 1.54) is 12.8 Å². The van der Waals surface area contributed by atoms with Gasteiger partial charge in [-0.15, -0.1) is 0 Å². The average molecular weight is 348 g/mol. The Labute approximate surface area is 151 Å². The largest absolute Gasteiger partial charge is 0.465 e.